The van der Waals surface area contributed by atoms with Crippen molar-refractivity contribution in [2.75, 3.05) is 5.43 Å². The summed E-state index contributed by atoms with van der Waals surface area (Å²) in [6, 6.07) is 8.76. The summed E-state index contributed by atoms with van der Waals surface area (Å²) in [6.07, 6.45) is -5.00. The lowest BCUT2D eigenvalue weighted by Crippen LogP contribution is -2.36. The highest BCUT2D eigenvalue weighted by Crippen LogP contribution is 2.24. The van der Waals surface area contributed by atoms with Gasteiger partial charge in [-0.25, -0.2) is 5.43 Å². The van der Waals surface area contributed by atoms with E-state index in [1.165, 1.54) is 0 Å². The summed E-state index contributed by atoms with van der Waals surface area (Å²) < 4.78 is 36.3. The predicted octanol–water partition coefficient (Wildman–Crippen LogP) is 1.46. The molecular weight excluding hydrogens is 283 g/mol. The Hall–Kier alpha value is -2.10. The van der Waals surface area contributed by atoms with Crippen molar-refractivity contribution >= 4 is 17.7 Å². The maximum Gasteiger partial charge on any atom is 0.473 e. The SMILES string of the molecule is O=C(Nn1nnnc1Sc1ccccc1)C(F)(F)F. The maximum absolute atomic E-state index is 12.1. The lowest BCUT2D eigenvalue weighted by atomic mass is 10.4. The average Bonchev–Trinajstić information content (AvgIpc) is 2.77. The van der Waals surface area contributed by atoms with Gasteiger partial charge in [0.1, 0.15) is 0 Å². The van der Waals surface area contributed by atoms with Crippen molar-refractivity contribution < 1.29 is 18.0 Å². The standard InChI is InChI=1S/C9H6F3N5OS/c10-9(11,12)7(18)14-17-8(13-15-16-17)19-6-4-2-1-3-5-6/h1-5H,(H,14,18). The lowest BCUT2D eigenvalue weighted by molar-refractivity contribution is -0.168. The van der Waals surface area contributed by atoms with Gasteiger partial charge in [0.2, 0.25) is 5.16 Å². The first-order valence-corrected chi connectivity index (χ1v) is 5.68. The molecule has 0 fully saturated rings. The number of alkyl halides is 3. The van der Waals surface area contributed by atoms with Gasteiger partial charge >= 0.3 is 12.1 Å². The number of halogens is 3. The fourth-order valence-electron chi connectivity index (χ4n) is 1.07. The van der Waals surface area contributed by atoms with Crippen molar-refractivity contribution in [1.82, 2.24) is 20.3 Å². The first kappa shape index (κ1) is 13.3. The van der Waals surface area contributed by atoms with E-state index in [9.17, 15) is 18.0 Å². The van der Waals surface area contributed by atoms with E-state index in [4.69, 9.17) is 0 Å². The minimum Gasteiger partial charge on any atom is -0.263 e. The van der Waals surface area contributed by atoms with Gasteiger partial charge < -0.3 is 0 Å². The van der Waals surface area contributed by atoms with Gasteiger partial charge in [-0.2, -0.15) is 13.2 Å². The van der Waals surface area contributed by atoms with E-state index < -0.39 is 12.1 Å². The number of tetrazole rings is 1. The molecule has 0 aliphatic rings. The molecule has 0 spiro atoms. The van der Waals surface area contributed by atoms with Crippen LogP contribution in [0.1, 0.15) is 0 Å². The molecule has 0 atom stereocenters. The third-order valence-electron chi connectivity index (χ3n) is 1.86. The van der Waals surface area contributed by atoms with Crippen LogP contribution < -0.4 is 5.43 Å². The highest BCUT2D eigenvalue weighted by molar-refractivity contribution is 7.99. The van der Waals surface area contributed by atoms with Crippen LogP contribution in [-0.4, -0.2) is 32.4 Å². The summed E-state index contributed by atoms with van der Waals surface area (Å²) in [6.45, 7) is 0. The van der Waals surface area contributed by atoms with E-state index >= 15 is 0 Å². The molecule has 0 aliphatic carbocycles. The Balaban J connectivity index is 2.12. The van der Waals surface area contributed by atoms with Gasteiger partial charge in [0.05, 0.1) is 0 Å². The summed E-state index contributed by atoms with van der Waals surface area (Å²) >= 11 is 1.02. The van der Waals surface area contributed by atoms with Gasteiger partial charge in [-0.3, -0.25) is 4.79 Å². The molecule has 0 unspecified atom stereocenters. The van der Waals surface area contributed by atoms with Crippen LogP contribution in [0.4, 0.5) is 13.2 Å². The molecule has 0 saturated carbocycles. The summed E-state index contributed by atoms with van der Waals surface area (Å²) in [4.78, 5) is 12.1. The monoisotopic (exact) mass is 289 g/mol. The molecule has 1 heterocycles. The summed E-state index contributed by atoms with van der Waals surface area (Å²) in [7, 11) is 0. The van der Waals surface area contributed by atoms with E-state index in [1.54, 1.807) is 35.8 Å². The lowest BCUT2D eigenvalue weighted by Gasteiger charge is -2.08. The van der Waals surface area contributed by atoms with Gasteiger partial charge in [-0.15, -0.1) is 4.79 Å². The van der Waals surface area contributed by atoms with E-state index in [-0.39, 0.29) is 5.16 Å². The molecule has 10 heteroatoms. The van der Waals surface area contributed by atoms with E-state index in [0.717, 1.165) is 16.7 Å². The van der Waals surface area contributed by atoms with E-state index in [1.807, 2.05) is 0 Å². The summed E-state index contributed by atoms with van der Waals surface area (Å²) in [5.74, 6) is -2.14. The first-order chi connectivity index (χ1) is 8.97. The maximum atomic E-state index is 12.1. The second-order valence-corrected chi connectivity index (χ2v) is 4.27. The van der Waals surface area contributed by atoms with Gasteiger partial charge in [0, 0.05) is 4.90 Å². The van der Waals surface area contributed by atoms with Crippen LogP contribution in [0.15, 0.2) is 40.4 Å². The Morgan fingerprint density at radius 2 is 1.95 bits per heavy atom. The van der Waals surface area contributed by atoms with Crippen LogP contribution in [-0.2, 0) is 4.79 Å². The van der Waals surface area contributed by atoms with Gasteiger partial charge in [-0.1, -0.05) is 23.3 Å². The molecule has 1 amide bonds. The van der Waals surface area contributed by atoms with Crippen molar-refractivity contribution in [1.29, 1.82) is 0 Å². The van der Waals surface area contributed by atoms with Crippen molar-refractivity contribution in [3.8, 4) is 0 Å². The molecule has 1 aromatic carbocycles. The van der Waals surface area contributed by atoms with Crippen molar-refractivity contribution in [3.63, 3.8) is 0 Å². The summed E-state index contributed by atoms with van der Waals surface area (Å²) in [5.41, 5.74) is 1.55. The Bertz CT molecular complexity index is 571. The largest absolute Gasteiger partial charge is 0.473 e. The Kier molecular flexibility index (Phi) is 3.69. The number of rotatable bonds is 3. The second kappa shape index (κ2) is 5.26. The Labute approximate surface area is 109 Å². The number of carbonyl (C=O) groups is 1. The molecule has 19 heavy (non-hydrogen) atoms. The van der Waals surface area contributed by atoms with Gasteiger partial charge in [0.25, 0.3) is 0 Å². The van der Waals surface area contributed by atoms with Crippen LogP contribution in [0.2, 0.25) is 0 Å². The number of amides is 1. The van der Waals surface area contributed by atoms with Crippen LogP contribution in [0, 0.1) is 0 Å². The van der Waals surface area contributed by atoms with Crippen molar-refractivity contribution in [2.24, 2.45) is 0 Å². The topological polar surface area (TPSA) is 72.7 Å². The fraction of sp³-hybridized carbons (Fsp3) is 0.111. The van der Waals surface area contributed by atoms with E-state index in [2.05, 4.69) is 15.5 Å². The Morgan fingerprint density at radius 1 is 1.26 bits per heavy atom. The van der Waals surface area contributed by atoms with Gasteiger partial charge in [-0.05, 0) is 34.3 Å². The molecule has 0 saturated heterocycles. The zero-order valence-electron chi connectivity index (χ0n) is 9.13. The predicted molar refractivity (Wildman–Crippen MR) is 58.8 cm³/mol. The molecule has 2 aromatic rings. The molecule has 1 aromatic heterocycles. The second-order valence-electron chi connectivity index (χ2n) is 3.23. The van der Waals surface area contributed by atoms with Crippen LogP contribution in [0.3, 0.4) is 0 Å². The number of benzene rings is 1. The van der Waals surface area contributed by atoms with Crippen molar-refractivity contribution in [2.45, 2.75) is 16.2 Å². The zero-order valence-corrected chi connectivity index (χ0v) is 9.94. The van der Waals surface area contributed by atoms with Gasteiger partial charge in [0.15, 0.2) is 0 Å². The van der Waals surface area contributed by atoms with Crippen molar-refractivity contribution in [3.05, 3.63) is 30.3 Å². The Morgan fingerprint density at radius 3 is 2.58 bits per heavy atom. The third kappa shape index (κ3) is 3.44. The molecule has 2 rings (SSSR count). The highest BCUT2D eigenvalue weighted by atomic mass is 32.2. The summed E-state index contributed by atoms with van der Waals surface area (Å²) in [5, 5.41) is 10.0. The number of nitrogens with zero attached hydrogens (tertiary/aromatic N) is 4. The fourth-order valence-corrected chi connectivity index (χ4v) is 1.82. The van der Waals surface area contributed by atoms with Crippen LogP contribution in [0.5, 0.6) is 0 Å². The number of nitrogens with one attached hydrogen (secondary N) is 1. The zero-order chi connectivity index (χ0) is 13.9. The molecule has 1 N–H and O–H groups in total. The number of hydrogen-bond donors (Lipinski definition) is 1. The minimum absolute atomic E-state index is 0.0174. The molecule has 100 valence electrons. The normalized spacial score (nSPS) is 11.3. The molecular formula is C9H6F3N5OS. The van der Waals surface area contributed by atoms with Crippen LogP contribution in [0.25, 0.3) is 0 Å². The quantitative estimate of drug-likeness (QED) is 0.926. The van der Waals surface area contributed by atoms with E-state index in [0.29, 0.717) is 4.79 Å². The first-order valence-electron chi connectivity index (χ1n) is 4.86. The number of hydrogen-bond acceptors (Lipinski definition) is 5. The average molecular weight is 289 g/mol. The smallest absolute Gasteiger partial charge is 0.263 e. The molecule has 0 bridgehead atoms. The molecule has 0 aliphatic heterocycles. The minimum atomic E-state index is -5.00. The number of aromatic nitrogens is 4. The number of carbonyl (C=O) groups excluding carboxylic acids is 1. The highest BCUT2D eigenvalue weighted by Gasteiger charge is 2.39. The third-order valence-corrected chi connectivity index (χ3v) is 2.80. The molecule has 6 nitrogen and oxygen atoms in total. The van der Waals surface area contributed by atoms with Crippen LogP contribution >= 0.6 is 11.8 Å². The molecule has 0 radical (unpaired) electrons.